The summed E-state index contributed by atoms with van der Waals surface area (Å²) in [5, 5.41) is 2.55. The number of primary amides is 1. The Morgan fingerprint density at radius 1 is 1.05 bits per heavy atom. The van der Waals surface area contributed by atoms with Crippen molar-refractivity contribution in [2.75, 3.05) is 11.1 Å². The number of hydrogen-bond donors (Lipinski definition) is 3. The van der Waals surface area contributed by atoms with E-state index in [1.54, 1.807) is 24.3 Å². The molecule has 0 aliphatic carbocycles. The fraction of sp³-hybridized carbons (Fsp3) is 0. The summed E-state index contributed by atoms with van der Waals surface area (Å²) in [6.07, 6.45) is 0. The zero-order valence-corrected chi connectivity index (χ0v) is 10.4. The average Bonchev–Trinajstić information content (AvgIpc) is 2.41. The van der Waals surface area contributed by atoms with E-state index in [2.05, 4.69) is 5.32 Å². The zero-order valence-electron chi connectivity index (χ0n) is 10.4. The van der Waals surface area contributed by atoms with Crippen molar-refractivity contribution in [3.63, 3.8) is 0 Å². The Bertz CT molecular complexity index is 669. The summed E-state index contributed by atoms with van der Waals surface area (Å²) in [6, 6.07) is 9.90. The molecule has 2 amide bonds. The monoisotopic (exact) mass is 273 g/mol. The highest BCUT2D eigenvalue weighted by Gasteiger charge is 2.11. The van der Waals surface area contributed by atoms with Crippen molar-refractivity contribution in [3.05, 3.63) is 59.4 Å². The van der Waals surface area contributed by atoms with Gasteiger partial charge in [-0.2, -0.15) is 0 Å². The molecule has 5 N–H and O–H groups in total. The lowest BCUT2D eigenvalue weighted by molar-refractivity contribution is 0.0992. The number of nitrogens with two attached hydrogens (primary N) is 2. The Hall–Kier alpha value is -2.89. The third kappa shape index (κ3) is 2.92. The third-order valence-corrected chi connectivity index (χ3v) is 2.66. The minimum atomic E-state index is -0.897. The van der Waals surface area contributed by atoms with Crippen molar-refractivity contribution in [3.8, 4) is 0 Å². The molecule has 0 saturated carbocycles. The molecule has 102 valence electrons. The lowest BCUT2D eigenvalue weighted by Gasteiger charge is -2.07. The van der Waals surface area contributed by atoms with Crippen LogP contribution in [0.1, 0.15) is 20.7 Å². The van der Waals surface area contributed by atoms with Gasteiger partial charge in [-0.3, -0.25) is 9.59 Å². The maximum Gasteiger partial charge on any atom is 0.255 e. The lowest BCUT2D eigenvalue weighted by atomic mass is 10.1. The average molecular weight is 273 g/mol. The van der Waals surface area contributed by atoms with E-state index >= 15 is 0 Å². The van der Waals surface area contributed by atoms with Crippen LogP contribution >= 0.6 is 0 Å². The second-order valence-electron chi connectivity index (χ2n) is 4.14. The van der Waals surface area contributed by atoms with Crippen molar-refractivity contribution in [1.82, 2.24) is 0 Å². The van der Waals surface area contributed by atoms with Crippen LogP contribution in [-0.4, -0.2) is 11.8 Å². The molecule has 0 aliphatic rings. The van der Waals surface area contributed by atoms with Crippen LogP contribution in [0, 0.1) is 5.82 Å². The normalized spacial score (nSPS) is 10.1. The van der Waals surface area contributed by atoms with E-state index in [4.69, 9.17) is 11.5 Å². The predicted octanol–water partition coefficient (Wildman–Crippen LogP) is 1.76. The maximum atomic E-state index is 13.3. The summed E-state index contributed by atoms with van der Waals surface area (Å²) < 4.78 is 13.3. The van der Waals surface area contributed by atoms with Gasteiger partial charge in [0.15, 0.2) is 0 Å². The number of anilines is 2. The SMILES string of the molecule is NC(=O)c1cc(NC(=O)c2ccc(N)cc2)ccc1F. The molecule has 0 unspecified atom stereocenters. The van der Waals surface area contributed by atoms with Crippen molar-refractivity contribution >= 4 is 23.2 Å². The molecule has 0 aromatic heterocycles. The van der Waals surface area contributed by atoms with E-state index < -0.39 is 17.6 Å². The van der Waals surface area contributed by atoms with Gasteiger partial charge in [-0.05, 0) is 42.5 Å². The molecule has 0 fully saturated rings. The Morgan fingerprint density at radius 2 is 1.70 bits per heavy atom. The van der Waals surface area contributed by atoms with Gasteiger partial charge in [0, 0.05) is 16.9 Å². The lowest BCUT2D eigenvalue weighted by Crippen LogP contribution is -2.16. The van der Waals surface area contributed by atoms with Gasteiger partial charge in [0.25, 0.3) is 11.8 Å². The number of nitrogens with one attached hydrogen (secondary N) is 1. The summed E-state index contributed by atoms with van der Waals surface area (Å²) in [7, 11) is 0. The van der Waals surface area contributed by atoms with Gasteiger partial charge < -0.3 is 16.8 Å². The van der Waals surface area contributed by atoms with Crippen molar-refractivity contribution < 1.29 is 14.0 Å². The van der Waals surface area contributed by atoms with E-state index in [0.717, 1.165) is 6.07 Å². The van der Waals surface area contributed by atoms with Crippen LogP contribution in [-0.2, 0) is 0 Å². The first-order valence-electron chi connectivity index (χ1n) is 5.73. The smallest absolute Gasteiger partial charge is 0.255 e. The largest absolute Gasteiger partial charge is 0.399 e. The van der Waals surface area contributed by atoms with E-state index in [0.29, 0.717) is 11.3 Å². The molecule has 2 rings (SSSR count). The molecule has 0 radical (unpaired) electrons. The molecule has 0 saturated heterocycles. The van der Waals surface area contributed by atoms with Gasteiger partial charge in [-0.1, -0.05) is 0 Å². The molecule has 20 heavy (non-hydrogen) atoms. The molecule has 6 heteroatoms. The van der Waals surface area contributed by atoms with Gasteiger partial charge in [-0.15, -0.1) is 0 Å². The van der Waals surface area contributed by atoms with Crippen LogP contribution in [0.15, 0.2) is 42.5 Å². The molecule has 2 aromatic carbocycles. The summed E-state index contributed by atoms with van der Waals surface area (Å²) in [4.78, 5) is 23.0. The molecular weight excluding hydrogens is 261 g/mol. The van der Waals surface area contributed by atoms with Crippen LogP contribution in [0.3, 0.4) is 0 Å². The molecule has 0 atom stereocenters. The minimum Gasteiger partial charge on any atom is -0.399 e. The van der Waals surface area contributed by atoms with Gasteiger partial charge in [0.1, 0.15) is 5.82 Å². The van der Waals surface area contributed by atoms with Crippen molar-refractivity contribution in [1.29, 1.82) is 0 Å². The number of amides is 2. The number of carbonyl (C=O) groups excluding carboxylic acids is 2. The first-order chi connectivity index (χ1) is 9.47. The number of nitrogen functional groups attached to an aromatic ring is 1. The Labute approximate surface area is 114 Å². The van der Waals surface area contributed by atoms with Crippen molar-refractivity contribution in [2.24, 2.45) is 5.73 Å². The first kappa shape index (κ1) is 13.5. The predicted molar refractivity (Wildman–Crippen MR) is 73.7 cm³/mol. The fourth-order valence-corrected chi connectivity index (χ4v) is 1.63. The number of carbonyl (C=O) groups is 2. The van der Waals surface area contributed by atoms with Gasteiger partial charge in [-0.25, -0.2) is 4.39 Å². The molecule has 0 bridgehead atoms. The van der Waals surface area contributed by atoms with Gasteiger partial charge in [0.2, 0.25) is 0 Å². The molecule has 0 spiro atoms. The second kappa shape index (κ2) is 5.40. The number of benzene rings is 2. The molecular formula is C14H12FN3O2. The van der Waals surface area contributed by atoms with E-state index in [1.807, 2.05) is 0 Å². The summed E-state index contributed by atoms with van der Waals surface area (Å²) in [5.41, 5.74) is 11.5. The third-order valence-electron chi connectivity index (χ3n) is 2.66. The summed E-state index contributed by atoms with van der Waals surface area (Å²) >= 11 is 0. The zero-order chi connectivity index (χ0) is 14.7. The number of halogens is 1. The summed E-state index contributed by atoms with van der Waals surface area (Å²) in [6.45, 7) is 0. The van der Waals surface area contributed by atoms with E-state index in [9.17, 15) is 14.0 Å². The first-order valence-corrected chi connectivity index (χ1v) is 5.73. The topological polar surface area (TPSA) is 98.2 Å². The molecule has 5 nitrogen and oxygen atoms in total. The Kier molecular flexibility index (Phi) is 3.65. The Balaban J connectivity index is 2.21. The van der Waals surface area contributed by atoms with Crippen molar-refractivity contribution in [2.45, 2.75) is 0 Å². The number of rotatable bonds is 3. The minimum absolute atomic E-state index is 0.278. The van der Waals surface area contributed by atoms with Crippen LogP contribution in [0.5, 0.6) is 0 Å². The standard InChI is InChI=1S/C14H12FN3O2/c15-12-6-5-10(7-11(12)13(17)19)18-14(20)8-1-3-9(16)4-2-8/h1-7H,16H2,(H2,17,19)(H,18,20). The van der Waals surface area contributed by atoms with Crippen LogP contribution in [0.2, 0.25) is 0 Å². The molecule has 0 aliphatic heterocycles. The fourth-order valence-electron chi connectivity index (χ4n) is 1.63. The van der Waals surface area contributed by atoms with E-state index in [-0.39, 0.29) is 11.3 Å². The number of hydrogen-bond acceptors (Lipinski definition) is 3. The second-order valence-corrected chi connectivity index (χ2v) is 4.14. The highest BCUT2D eigenvalue weighted by atomic mass is 19.1. The summed E-state index contributed by atoms with van der Waals surface area (Å²) in [5.74, 6) is -2.03. The quantitative estimate of drug-likeness (QED) is 0.743. The van der Waals surface area contributed by atoms with Gasteiger partial charge >= 0.3 is 0 Å². The van der Waals surface area contributed by atoms with Gasteiger partial charge in [0.05, 0.1) is 5.56 Å². The molecule has 0 heterocycles. The van der Waals surface area contributed by atoms with E-state index in [1.165, 1.54) is 12.1 Å². The van der Waals surface area contributed by atoms with Crippen LogP contribution < -0.4 is 16.8 Å². The van der Waals surface area contributed by atoms with Crippen LogP contribution in [0.25, 0.3) is 0 Å². The molecule has 2 aromatic rings. The highest BCUT2D eigenvalue weighted by Crippen LogP contribution is 2.16. The maximum absolute atomic E-state index is 13.3. The highest BCUT2D eigenvalue weighted by molar-refractivity contribution is 6.05. The van der Waals surface area contributed by atoms with Crippen LogP contribution in [0.4, 0.5) is 15.8 Å². The Morgan fingerprint density at radius 3 is 2.30 bits per heavy atom.